The molecule has 0 aromatic heterocycles. The lowest BCUT2D eigenvalue weighted by atomic mass is 9.99. The summed E-state index contributed by atoms with van der Waals surface area (Å²) < 4.78 is 0. The molecule has 100 valence electrons. The van der Waals surface area contributed by atoms with E-state index >= 15 is 0 Å². The van der Waals surface area contributed by atoms with E-state index in [0.717, 1.165) is 17.5 Å². The highest BCUT2D eigenvalue weighted by Gasteiger charge is 2.13. The average molecular weight is 266 g/mol. The first-order valence-electron chi connectivity index (χ1n) is 7.24. The van der Waals surface area contributed by atoms with Gasteiger partial charge in [0, 0.05) is 11.1 Å². The molecule has 1 atom stereocenters. The van der Waals surface area contributed by atoms with Crippen LogP contribution in [-0.2, 0) is 0 Å². The van der Waals surface area contributed by atoms with Crippen molar-refractivity contribution in [2.75, 3.05) is 6.54 Å². The van der Waals surface area contributed by atoms with Crippen molar-refractivity contribution in [2.45, 2.75) is 51.5 Å². The third-order valence-electron chi connectivity index (χ3n) is 4.06. The van der Waals surface area contributed by atoms with Gasteiger partial charge in [-0.1, -0.05) is 49.4 Å². The molecule has 0 heterocycles. The normalized spacial score (nSPS) is 19.4. The van der Waals surface area contributed by atoms with Crippen LogP contribution in [-0.4, -0.2) is 6.54 Å². The van der Waals surface area contributed by atoms with Crippen LogP contribution in [0.5, 0.6) is 0 Å². The standard InChI is InChI=1S/C16H24ClN/c1-13(15-8-10-16(17)11-9-15)18-12-14-6-4-2-3-5-7-14/h8-11,13-14,18H,2-7,12H2,1H3/t13-/m1/s1. The minimum Gasteiger partial charge on any atom is -0.310 e. The van der Waals surface area contributed by atoms with Crippen LogP contribution in [0.4, 0.5) is 0 Å². The molecular weight excluding hydrogens is 242 g/mol. The molecule has 0 bridgehead atoms. The van der Waals surface area contributed by atoms with Gasteiger partial charge in [-0.15, -0.1) is 0 Å². The van der Waals surface area contributed by atoms with Crippen molar-refractivity contribution in [3.8, 4) is 0 Å². The monoisotopic (exact) mass is 265 g/mol. The molecule has 0 aliphatic heterocycles. The summed E-state index contributed by atoms with van der Waals surface area (Å²) in [5.41, 5.74) is 1.33. The van der Waals surface area contributed by atoms with Gasteiger partial charge >= 0.3 is 0 Å². The van der Waals surface area contributed by atoms with Gasteiger partial charge in [0.1, 0.15) is 0 Å². The second-order valence-corrected chi connectivity index (χ2v) is 5.98. The summed E-state index contributed by atoms with van der Waals surface area (Å²) in [7, 11) is 0. The van der Waals surface area contributed by atoms with Crippen LogP contribution in [0.2, 0.25) is 5.02 Å². The minimum absolute atomic E-state index is 0.422. The second kappa shape index (κ2) is 7.16. The van der Waals surface area contributed by atoms with Crippen molar-refractivity contribution in [1.82, 2.24) is 5.32 Å². The summed E-state index contributed by atoms with van der Waals surface area (Å²) >= 11 is 5.91. The number of rotatable bonds is 4. The molecule has 1 N–H and O–H groups in total. The summed E-state index contributed by atoms with van der Waals surface area (Å²) in [6.45, 7) is 3.39. The van der Waals surface area contributed by atoms with Gasteiger partial charge < -0.3 is 5.32 Å². The first kappa shape index (κ1) is 13.9. The summed E-state index contributed by atoms with van der Waals surface area (Å²) in [5, 5.41) is 4.49. The van der Waals surface area contributed by atoms with Crippen molar-refractivity contribution < 1.29 is 0 Å². The van der Waals surface area contributed by atoms with E-state index in [0.29, 0.717) is 6.04 Å². The number of nitrogens with one attached hydrogen (secondary N) is 1. The fourth-order valence-corrected chi connectivity index (χ4v) is 2.91. The minimum atomic E-state index is 0.422. The molecule has 0 radical (unpaired) electrons. The third-order valence-corrected chi connectivity index (χ3v) is 4.31. The second-order valence-electron chi connectivity index (χ2n) is 5.54. The maximum atomic E-state index is 5.91. The molecule has 1 fully saturated rings. The Bertz CT molecular complexity index is 339. The largest absolute Gasteiger partial charge is 0.310 e. The van der Waals surface area contributed by atoms with Crippen LogP contribution in [0.3, 0.4) is 0 Å². The van der Waals surface area contributed by atoms with Crippen LogP contribution < -0.4 is 5.32 Å². The highest BCUT2D eigenvalue weighted by molar-refractivity contribution is 6.30. The van der Waals surface area contributed by atoms with E-state index in [1.165, 1.54) is 44.1 Å². The molecule has 2 heteroatoms. The number of hydrogen-bond donors (Lipinski definition) is 1. The van der Waals surface area contributed by atoms with E-state index in [4.69, 9.17) is 11.6 Å². The quantitative estimate of drug-likeness (QED) is 0.759. The molecular formula is C16H24ClN. The van der Waals surface area contributed by atoms with Crippen molar-refractivity contribution in [3.05, 3.63) is 34.9 Å². The Balaban J connectivity index is 1.80. The molecule has 0 unspecified atom stereocenters. The summed E-state index contributed by atoms with van der Waals surface area (Å²) in [6, 6.07) is 8.60. The molecule has 1 aliphatic carbocycles. The Kier molecular flexibility index (Phi) is 5.52. The van der Waals surface area contributed by atoms with Crippen LogP contribution in [0.25, 0.3) is 0 Å². The Labute approximate surface area is 116 Å². The van der Waals surface area contributed by atoms with Gasteiger partial charge in [-0.25, -0.2) is 0 Å². The lowest BCUT2D eigenvalue weighted by molar-refractivity contribution is 0.403. The van der Waals surface area contributed by atoms with Crippen molar-refractivity contribution >= 4 is 11.6 Å². The van der Waals surface area contributed by atoms with Crippen LogP contribution in [0.1, 0.15) is 57.1 Å². The molecule has 2 rings (SSSR count). The summed E-state index contributed by atoms with van der Waals surface area (Å²) in [5.74, 6) is 0.877. The third kappa shape index (κ3) is 4.29. The molecule has 1 aromatic carbocycles. The van der Waals surface area contributed by atoms with E-state index in [-0.39, 0.29) is 0 Å². The van der Waals surface area contributed by atoms with E-state index in [1.54, 1.807) is 0 Å². The fraction of sp³-hybridized carbons (Fsp3) is 0.625. The van der Waals surface area contributed by atoms with Crippen molar-refractivity contribution in [3.63, 3.8) is 0 Å². The van der Waals surface area contributed by atoms with Crippen LogP contribution >= 0.6 is 11.6 Å². The van der Waals surface area contributed by atoms with Crippen LogP contribution in [0.15, 0.2) is 24.3 Å². The summed E-state index contributed by atoms with van der Waals surface area (Å²) in [4.78, 5) is 0. The van der Waals surface area contributed by atoms with E-state index in [9.17, 15) is 0 Å². The van der Waals surface area contributed by atoms with Crippen LogP contribution in [0, 0.1) is 5.92 Å². The lowest BCUT2D eigenvalue weighted by Gasteiger charge is -2.19. The molecule has 1 aliphatic rings. The fourth-order valence-electron chi connectivity index (χ4n) is 2.78. The van der Waals surface area contributed by atoms with Gasteiger partial charge in [-0.2, -0.15) is 0 Å². The molecule has 18 heavy (non-hydrogen) atoms. The van der Waals surface area contributed by atoms with E-state index in [1.807, 2.05) is 12.1 Å². The zero-order valence-electron chi connectivity index (χ0n) is 11.3. The lowest BCUT2D eigenvalue weighted by Crippen LogP contribution is -2.25. The molecule has 0 spiro atoms. The Morgan fingerprint density at radius 1 is 1.11 bits per heavy atom. The topological polar surface area (TPSA) is 12.0 Å². The molecule has 1 nitrogen and oxygen atoms in total. The van der Waals surface area contributed by atoms with Gasteiger partial charge in [0.05, 0.1) is 0 Å². The van der Waals surface area contributed by atoms with Gasteiger partial charge in [0.2, 0.25) is 0 Å². The highest BCUT2D eigenvalue weighted by atomic mass is 35.5. The SMILES string of the molecule is C[C@@H](NCC1CCCCCC1)c1ccc(Cl)cc1. The molecule has 1 saturated carbocycles. The van der Waals surface area contributed by atoms with Crippen molar-refractivity contribution in [1.29, 1.82) is 0 Å². The summed E-state index contributed by atoms with van der Waals surface area (Å²) in [6.07, 6.45) is 8.51. The van der Waals surface area contributed by atoms with Gasteiger partial charge in [-0.3, -0.25) is 0 Å². The van der Waals surface area contributed by atoms with Gasteiger partial charge in [-0.05, 0) is 49.9 Å². The first-order chi connectivity index (χ1) is 8.75. The van der Waals surface area contributed by atoms with E-state index in [2.05, 4.69) is 24.4 Å². The van der Waals surface area contributed by atoms with Crippen molar-refractivity contribution in [2.24, 2.45) is 5.92 Å². The first-order valence-corrected chi connectivity index (χ1v) is 7.62. The Morgan fingerprint density at radius 3 is 2.33 bits per heavy atom. The predicted molar refractivity (Wildman–Crippen MR) is 79.1 cm³/mol. The Morgan fingerprint density at radius 2 is 1.72 bits per heavy atom. The molecule has 1 aromatic rings. The molecule has 0 amide bonds. The Hall–Kier alpha value is -0.530. The zero-order valence-corrected chi connectivity index (χ0v) is 12.0. The number of hydrogen-bond acceptors (Lipinski definition) is 1. The number of halogens is 1. The average Bonchev–Trinajstić information content (AvgIpc) is 2.65. The maximum absolute atomic E-state index is 5.91. The highest BCUT2D eigenvalue weighted by Crippen LogP contribution is 2.23. The zero-order chi connectivity index (χ0) is 12.8. The van der Waals surface area contributed by atoms with Gasteiger partial charge in [0.15, 0.2) is 0 Å². The predicted octanol–water partition coefficient (Wildman–Crippen LogP) is 4.96. The maximum Gasteiger partial charge on any atom is 0.0406 e. The van der Waals surface area contributed by atoms with E-state index < -0.39 is 0 Å². The number of benzene rings is 1. The van der Waals surface area contributed by atoms with Gasteiger partial charge in [0.25, 0.3) is 0 Å². The molecule has 0 saturated heterocycles. The smallest absolute Gasteiger partial charge is 0.0406 e.